The van der Waals surface area contributed by atoms with Gasteiger partial charge >= 0.3 is 5.97 Å². The standard InChI is InChI=1S/C23H36O3/c1-8-11-13-22(4,5)18-15-17(26-20(24)10-3)16-19(21(18)25)23(6,7)14-12-9-2/h10,15-16,25H,3,8-9,11-14H2,1-2,4-7H3. The molecule has 0 unspecified atom stereocenters. The second kappa shape index (κ2) is 9.25. The van der Waals surface area contributed by atoms with Crippen LogP contribution in [-0.4, -0.2) is 11.1 Å². The van der Waals surface area contributed by atoms with Gasteiger partial charge in [0.25, 0.3) is 0 Å². The molecule has 3 heteroatoms. The zero-order chi connectivity index (χ0) is 20.0. The summed E-state index contributed by atoms with van der Waals surface area (Å²) < 4.78 is 5.43. The van der Waals surface area contributed by atoms with Crippen molar-refractivity contribution in [2.24, 2.45) is 0 Å². The number of esters is 1. The minimum absolute atomic E-state index is 0.202. The van der Waals surface area contributed by atoms with Gasteiger partial charge in [0.05, 0.1) is 0 Å². The Morgan fingerprint density at radius 2 is 1.46 bits per heavy atom. The molecule has 3 nitrogen and oxygen atoms in total. The summed E-state index contributed by atoms with van der Waals surface area (Å²) in [5.74, 6) is 0.336. The van der Waals surface area contributed by atoms with Crippen molar-refractivity contribution < 1.29 is 14.6 Å². The lowest BCUT2D eigenvalue weighted by molar-refractivity contribution is -0.128. The van der Waals surface area contributed by atoms with Crippen LogP contribution in [0.5, 0.6) is 11.5 Å². The van der Waals surface area contributed by atoms with E-state index >= 15 is 0 Å². The SMILES string of the molecule is C=CC(=O)Oc1cc(C(C)(C)CCCC)c(O)c(C(C)(C)CCCC)c1. The molecule has 1 aromatic carbocycles. The van der Waals surface area contributed by atoms with Gasteiger partial charge in [0.1, 0.15) is 11.5 Å². The molecule has 0 heterocycles. The molecule has 0 aliphatic carbocycles. The topological polar surface area (TPSA) is 46.5 Å². The van der Waals surface area contributed by atoms with Crippen molar-refractivity contribution in [3.63, 3.8) is 0 Å². The van der Waals surface area contributed by atoms with Crippen LogP contribution in [-0.2, 0) is 15.6 Å². The Kier molecular flexibility index (Phi) is 7.92. The summed E-state index contributed by atoms with van der Waals surface area (Å²) in [5.41, 5.74) is 1.29. The summed E-state index contributed by atoms with van der Waals surface area (Å²) in [5, 5.41) is 11.1. The largest absolute Gasteiger partial charge is 0.507 e. The second-order valence-corrected chi connectivity index (χ2v) is 8.47. The number of phenolic OH excluding ortho intramolecular Hbond substituents is 1. The maximum atomic E-state index is 11.7. The van der Waals surface area contributed by atoms with Gasteiger partial charge in [-0.15, -0.1) is 0 Å². The van der Waals surface area contributed by atoms with E-state index in [0.717, 1.165) is 55.7 Å². The fourth-order valence-electron chi connectivity index (χ4n) is 3.36. The first kappa shape index (κ1) is 22.3. The van der Waals surface area contributed by atoms with Crippen LogP contribution >= 0.6 is 0 Å². The molecule has 0 radical (unpaired) electrons. The van der Waals surface area contributed by atoms with Gasteiger partial charge in [-0.25, -0.2) is 4.79 Å². The zero-order valence-corrected chi connectivity index (χ0v) is 17.4. The fraction of sp³-hybridized carbons (Fsp3) is 0.609. The van der Waals surface area contributed by atoms with Crippen LogP contribution in [0.15, 0.2) is 24.8 Å². The number of carbonyl (C=O) groups is 1. The van der Waals surface area contributed by atoms with E-state index in [0.29, 0.717) is 11.5 Å². The molecule has 0 amide bonds. The Morgan fingerprint density at radius 1 is 1.04 bits per heavy atom. The van der Waals surface area contributed by atoms with E-state index in [9.17, 15) is 9.90 Å². The smallest absolute Gasteiger partial charge is 0.335 e. The molecule has 0 atom stereocenters. The Morgan fingerprint density at radius 3 is 1.81 bits per heavy atom. The molecular formula is C23H36O3. The molecule has 0 saturated carbocycles. The first-order valence-corrected chi connectivity index (χ1v) is 9.81. The molecule has 0 aliphatic heterocycles. The molecule has 0 spiro atoms. The monoisotopic (exact) mass is 360 g/mol. The molecule has 1 rings (SSSR count). The Bertz CT molecular complexity index is 585. The van der Waals surface area contributed by atoms with Gasteiger partial charge in [-0.05, 0) is 35.8 Å². The summed E-state index contributed by atoms with van der Waals surface area (Å²) >= 11 is 0. The van der Waals surface area contributed by atoms with Crippen LogP contribution in [0, 0.1) is 0 Å². The Hall–Kier alpha value is -1.77. The zero-order valence-electron chi connectivity index (χ0n) is 17.4. The lowest BCUT2D eigenvalue weighted by Crippen LogP contribution is -2.22. The van der Waals surface area contributed by atoms with Crippen LogP contribution in [0.25, 0.3) is 0 Å². The van der Waals surface area contributed by atoms with Crippen molar-refractivity contribution in [3.8, 4) is 11.5 Å². The highest BCUT2D eigenvalue weighted by atomic mass is 16.5. The number of phenols is 1. The lowest BCUT2D eigenvalue weighted by atomic mass is 9.74. The van der Waals surface area contributed by atoms with Gasteiger partial charge in [0.2, 0.25) is 0 Å². The van der Waals surface area contributed by atoms with E-state index in [2.05, 4.69) is 48.1 Å². The van der Waals surface area contributed by atoms with E-state index in [1.54, 1.807) is 0 Å². The highest BCUT2D eigenvalue weighted by molar-refractivity contribution is 5.83. The average Bonchev–Trinajstić information content (AvgIpc) is 2.59. The van der Waals surface area contributed by atoms with Crippen molar-refractivity contribution in [1.82, 2.24) is 0 Å². The highest BCUT2D eigenvalue weighted by Gasteiger charge is 2.31. The predicted molar refractivity (Wildman–Crippen MR) is 109 cm³/mol. The molecule has 1 N–H and O–H groups in total. The number of benzene rings is 1. The van der Waals surface area contributed by atoms with Crippen molar-refractivity contribution >= 4 is 5.97 Å². The summed E-state index contributed by atoms with van der Waals surface area (Å²) in [7, 11) is 0. The quantitative estimate of drug-likeness (QED) is 0.297. The van der Waals surface area contributed by atoms with Gasteiger partial charge in [-0.3, -0.25) is 0 Å². The Balaban J connectivity index is 3.48. The maximum Gasteiger partial charge on any atom is 0.335 e. The predicted octanol–water partition coefficient (Wildman–Crippen LogP) is 6.42. The summed E-state index contributed by atoms with van der Waals surface area (Å²) in [6, 6.07) is 3.62. The number of rotatable bonds is 10. The van der Waals surface area contributed by atoms with Crippen LogP contribution in [0.4, 0.5) is 0 Å². The van der Waals surface area contributed by atoms with Crippen LogP contribution in [0.2, 0.25) is 0 Å². The average molecular weight is 361 g/mol. The molecule has 0 aliphatic rings. The molecule has 0 fully saturated rings. The van der Waals surface area contributed by atoms with Crippen molar-refractivity contribution in [2.45, 2.75) is 90.9 Å². The van der Waals surface area contributed by atoms with E-state index in [4.69, 9.17) is 4.74 Å². The second-order valence-electron chi connectivity index (χ2n) is 8.47. The van der Waals surface area contributed by atoms with Crippen molar-refractivity contribution in [3.05, 3.63) is 35.9 Å². The number of aromatic hydroxyl groups is 1. The first-order valence-electron chi connectivity index (χ1n) is 9.81. The molecule has 0 aromatic heterocycles. The van der Waals surface area contributed by atoms with Gasteiger partial charge < -0.3 is 9.84 Å². The van der Waals surface area contributed by atoms with E-state index in [1.165, 1.54) is 0 Å². The fourth-order valence-corrected chi connectivity index (χ4v) is 3.36. The molecule has 26 heavy (non-hydrogen) atoms. The van der Waals surface area contributed by atoms with Gasteiger partial charge in [-0.2, -0.15) is 0 Å². The van der Waals surface area contributed by atoms with Crippen molar-refractivity contribution in [2.75, 3.05) is 0 Å². The number of hydrogen-bond donors (Lipinski definition) is 1. The normalized spacial score (nSPS) is 12.1. The molecule has 0 saturated heterocycles. The van der Waals surface area contributed by atoms with Crippen LogP contribution in [0.3, 0.4) is 0 Å². The summed E-state index contributed by atoms with van der Waals surface area (Å²) in [6.07, 6.45) is 7.45. The number of ether oxygens (including phenoxy) is 1. The highest BCUT2D eigenvalue weighted by Crippen LogP contribution is 2.45. The number of unbranched alkanes of at least 4 members (excludes halogenated alkanes) is 2. The number of carbonyl (C=O) groups excluding carboxylic acids is 1. The van der Waals surface area contributed by atoms with Crippen LogP contribution < -0.4 is 4.74 Å². The number of hydrogen-bond acceptors (Lipinski definition) is 3. The van der Waals surface area contributed by atoms with E-state index < -0.39 is 5.97 Å². The lowest BCUT2D eigenvalue weighted by Gasteiger charge is -2.32. The third kappa shape index (κ3) is 5.62. The van der Waals surface area contributed by atoms with Crippen LogP contribution in [0.1, 0.15) is 91.2 Å². The van der Waals surface area contributed by atoms with E-state index in [1.807, 2.05) is 12.1 Å². The first-order chi connectivity index (χ1) is 12.1. The minimum Gasteiger partial charge on any atom is -0.507 e. The minimum atomic E-state index is -0.481. The van der Waals surface area contributed by atoms with Gasteiger partial charge in [0.15, 0.2) is 0 Å². The Labute approximate surface area is 159 Å². The molecule has 1 aromatic rings. The third-order valence-electron chi connectivity index (χ3n) is 5.24. The van der Waals surface area contributed by atoms with E-state index in [-0.39, 0.29) is 10.8 Å². The summed E-state index contributed by atoms with van der Waals surface area (Å²) in [6.45, 7) is 16.4. The third-order valence-corrected chi connectivity index (χ3v) is 5.24. The molecular weight excluding hydrogens is 324 g/mol. The molecule has 0 bridgehead atoms. The summed E-state index contributed by atoms with van der Waals surface area (Å²) in [4.78, 5) is 11.7. The molecule has 146 valence electrons. The van der Waals surface area contributed by atoms with Crippen molar-refractivity contribution in [1.29, 1.82) is 0 Å². The van der Waals surface area contributed by atoms with Gasteiger partial charge in [-0.1, -0.05) is 73.8 Å². The van der Waals surface area contributed by atoms with Gasteiger partial charge in [0, 0.05) is 17.2 Å². The maximum absolute atomic E-state index is 11.7.